The Kier molecular flexibility index (Phi) is 11.0. The molecule has 2 amide bonds. The van der Waals surface area contributed by atoms with Crippen LogP contribution in [0.25, 0.3) is 10.1 Å². The number of benzene rings is 3. The van der Waals surface area contributed by atoms with Gasteiger partial charge in [-0.1, -0.05) is 12.1 Å². The molecule has 0 saturated carbocycles. The first-order chi connectivity index (χ1) is 23.8. The van der Waals surface area contributed by atoms with Crippen molar-refractivity contribution in [2.24, 2.45) is 0 Å². The second-order valence-electron chi connectivity index (χ2n) is 12.2. The summed E-state index contributed by atoms with van der Waals surface area (Å²) < 4.78 is 123. The molecule has 274 valence electrons. The van der Waals surface area contributed by atoms with E-state index < -0.39 is 56.6 Å². The van der Waals surface area contributed by atoms with E-state index in [1.807, 2.05) is 6.07 Å². The number of rotatable bonds is 9. The number of carbonyl (C=O) groups excluding carboxylic acids is 2. The first-order valence-electron chi connectivity index (χ1n) is 15.5. The number of fused-ring (bicyclic) bond motifs is 1. The van der Waals surface area contributed by atoms with Gasteiger partial charge in [0.15, 0.2) is 0 Å². The lowest BCUT2D eigenvalue weighted by Crippen LogP contribution is -2.30. The van der Waals surface area contributed by atoms with E-state index in [0.717, 1.165) is 42.7 Å². The maximum absolute atomic E-state index is 13.9. The van der Waals surface area contributed by atoms with Crippen LogP contribution in [-0.4, -0.2) is 63.9 Å². The zero-order valence-electron chi connectivity index (χ0n) is 27.2. The molecule has 1 aromatic heterocycles. The number of carbonyl (C=O) groups is 2. The van der Waals surface area contributed by atoms with E-state index in [1.54, 1.807) is 12.1 Å². The summed E-state index contributed by atoms with van der Waals surface area (Å²) in [5, 5.41) is 4.91. The van der Waals surface area contributed by atoms with Crippen LogP contribution in [0.1, 0.15) is 61.9 Å². The molecule has 1 unspecified atom stereocenters. The van der Waals surface area contributed by atoms with Gasteiger partial charge in [-0.15, -0.1) is 11.3 Å². The highest BCUT2D eigenvalue weighted by atomic mass is 32.2. The van der Waals surface area contributed by atoms with Gasteiger partial charge in [-0.2, -0.15) is 26.3 Å². The normalized spacial score (nSPS) is 16.1. The molecular weight excluding hydrogens is 728 g/mol. The van der Waals surface area contributed by atoms with Crippen molar-refractivity contribution in [3.05, 3.63) is 87.5 Å². The van der Waals surface area contributed by atoms with E-state index in [1.165, 1.54) is 13.4 Å². The van der Waals surface area contributed by atoms with Crippen LogP contribution < -0.4 is 15.4 Å². The van der Waals surface area contributed by atoms with Gasteiger partial charge in [0.05, 0.1) is 35.2 Å². The number of anilines is 2. The molecule has 3 aromatic carbocycles. The highest BCUT2D eigenvalue weighted by Gasteiger charge is 2.35. The van der Waals surface area contributed by atoms with Crippen molar-refractivity contribution in [2.45, 2.75) is 37.5 Å². The number of halogens is 7. The van der Waals surface area contributed by atoms with Gasteiger partial charge in [-0.05, 0) is 86.3 Å². The third-order valence-electron chi connectivity index (χ3n) is 8.53. The lowest BCUT2D eigenvalue weighted by molar-refractivity contribution is -0.140. The third-order valence-corrected chi connectivity index (χ3v) is 10.6. The van der Waals surface area contributed by atoms with Crippen molar-refractivity contribution >= 4 is 54.4 Å². The smallest absolute Gasteiger partial charge is 0.419 e. The van der Waals surface area contributed by atoms with Gasteiger partial charge in [-0.25, -0.2) is 12.8 Å². The topological polar surface area (TPSA) is 105 Å². The summed E-state index contributed by atoms with van der Waals surface area (Å²) in [6, 6.07) is 9.46. The maximum Gasteiger partial charge on any atom is 0.419 e. The first-order valence-corrected chi connectivity index (χ1v) is 18.4. The number of nitrogens with one attached hydrogen (secondary N) is 2. The van der Waals surface area contributed by atoms with Crippen molar-refractivity contribution in [3.63, 3.8) is 0 Å². The van der Waals surface area contributed by atoms with E-state index in [2.05, 4.69) is 15.5 Å². The molecule has 0 radical (unpaired) electrons. The summed E-state index contributed by atoms with van der Waals surface area (Å²) in [7, 11) is -1.79. The van der Waals surface area contributed by atoms with Gasteiger partial charge in [0.25, 0.3) is 11.8 Å². The van der Waals surface area contributed by atoms with Crippen molar-refractivity contribution in [2.75, 3.05) is 49.4 Å². The van der Waals surface area contributed by atoms with Crippen LogP contribution in [0.4, 0.5) is 42.1 Å². The largest absolute Gasteiger partial charge is 0.496 e. The minimum atomic E-state index is -5.07. The first kappa shape index (κ1) is 38.0. The fourth-order valence-corrected chi connectivity index (χ4v) is 7.59. The number of amides is 2. The SMILES string of the molecule is COc1ccc(C2CCCN(CCS(C)(=O)=O)CC2)cc1C(=O)Nc1c(C(=O)Nc2ccc(F)c(C(F)(F)F)c2)sc2cc(C(F)(F)F)ccc12. The summed E-state index contributed by atoms with van der Waals surface area (Å²) >= 11 is 0.579. The molecule has 1 saturated heterocycles. The Morgan fingerprint density at radius 2 is 1.67 bits per heavy atom. The summed E-state index contributed by atoms with van der Waals surface area (Å²) in [6.45, 7) is 1.74. The van der Waals surface area contributed by atoms with Gasteiger partial charge in [0, 0.05) is 28.6 Å². The summed E-state index contributed by atoms with van der Waals surface area (Å²) in [6.07, 6.45) is -6.41. The number of likely N-dealkylation sites (tertiary alicyclic amines) is 1. The average Bonchev–Trinajstić information content (AvgIpc) is 3.23. The predicted molar refractivity (Wildman–Crippen MR) is 180 cm³/mol. The van der Waals surface area contributed by atoms with Crippen LogP contribution >= 0.6 is 11.3 Å². The van der Waals surface area contributed by atoms with E-state index in [-0.39, 0.29) is 43.6 Å². The Hall–Kier alpha value is -4.22. The Balaban J connectivity index is 1.47. The molecule has 1 atom stereocenters. The fraction of sp³-hybridized carbons (Fsp3) is 0.353. The minimum absolute atomic E-state index is 0.00657. The molecular formula is C34H32F7N3O5S2. The number of hydrogen-bond acceptors (Lipinski definition) is 7. The molecule has 4 aromatic rings. The van der Waals surface area contributed by atoms with E-state index in [9.17, 15) is 48.7 Å². The van der Waals surface area contributed by atoms with Crippen molar-refractivity contribution in [3.8, 4) is 5.75 Å². The molecule has 1 aliphatic rings. The molecule has 0 spiro atoms. The van der Waals surface area contributed by atoms with Crippen LogP contribution in [0.5, 0.6) is 5.75 Å². The molecule has 1 aliphatic heterocycles. The van der Waals surface area contributed by atoms with Crippen LogP contribution in [0, 0.1) is 5.82 Å². The molecule has 51 heavy (non-hydrogen) atoms. The second kappa shape index (κ2) is 14.8. The van der Waals surface area contributed by atoms with Crippen molar-refractivity contribution in [1.29, 1.82) is 0 Å². The fourth-order valence-electron chi connectivity index (χ4n) is 5.91. The molecule has 8 nitrogen and oxygen atoms in total. The number of alkyl halides is 6. The quantitative estimate of drug-likeness (QED) is 0.167. The highest BCUT2D eigenvalue weighted by molar-refractivity contribution is 7.90. The van der Waals surface area contributed by atoms with Gasteiger partial charge in [-0.3, -0.25) is 9.59 Å². The maximum atomic E-state index is 13.9. The summed E-state index contributed by atoms with van der Waals surface area (Å²) in [5.74, 6) is -3.19. The number of thiophene rings is 1. The highest BCUT2D eigenvalue weighted by Crippen LogP contribution is 2.41. The Morgan fingerprint density at radius 1 is 0.922 bits per heavy atom. The van der Waals surface area contributed by atoms with Crippen molar-refractivity contribution < 1.29 is 53.5 Å². The van der Waals surface area contributed by atoms with Crippen LogP contribution in [0.15, 0.2) is 54.6 Å². The number of nitrogens with zero attached hydrogens (tertiary/aromatic N) is 1. The second-order valence-corrected chi connectivity index (χ2v) is 15.5. The predicted octanol–water partition coefficient (Wildman–Crippen LogP) is 8.21. The molecule has 2 N–H and O–H groups in total. The minimum Gasteiger partial charge on any atom is -0.496 e. The van der Waals surface area contributed by atoms with E-state index >= 15 is 0 Å². The summed E-state index contributed by atoms with van der Waals surface area (Å²) in [5.41, 5.74) is -2.44. The van der Waals surface area contributed by atoms with Gasteiger partial charge < -0.3 is 20.3 Å². The Bertz CT molecular complexity index is 2060. The van der Waals surface area contributed by atoms with Crippen LogP contribution in [-0.2, 0) is 22.2 Å². The monoisotopic (exact) mass is 759 g/mol. The number of ether oxygens (including phenoxy) is 1. The molecule has 0 bridgehead atoms. The number of methoxy groups -OCH3 is 1. The molecule has 17 heteroatoms. The standard InChI is InChI=1S/C34H32F7N3O5S2/c1-49-27-10-5-20(19-4-3-12-44(13-11-19)14-15-51(2,47)48)16-24(27)31(45)43-29-23-8-6-21(33(36,37)38)17-28(23)50-30(29)32(46)42-22-7-9-26(35)25(18-22)34(39,40)41/h5-10,16-19H,3-4,11-15H2,1-2H3,(H,42,46)(H,43,45). The Morgan fingerprint density at radius 3 is 2.33 bits per heavy atom. The number of hydrogen-bond donors (Lipinski definition) is 2. The zero-order chi connectivity index (χ0) is 37.3. The third kappa shape index (κ3) is 9.18. The molecule has 5 rings (SSSR count). The lowest BCUT2D eigenvalue weighted by atomic mass is 9.90. The molecule has 0 aliphatic carbocycles. The van der Waals surface area contributed by atoms with Crippen molar-refractivity contribution in [1.82, 2.24) is 4.90 Å². The average molecular weight is 760 g/mol. The van der Waals surface area contributed by atoms with Crippen LogP contribution in [0.2, 0.25) is 0 Å². The van der Waals surface area contributed by atoms with E-state index in [4.69, 9.17) is 4.74 Å². The van der Waals surface area contributed by atoms with Gasteiger partial charge in [0.1, 0.15) is 26.3 Å². The van der Waals surface area contributed by atoms with Crippen LogP contribution in [0.3, 0.4) is 0 Å². The lowest BCUT2D eigenvalue weighted by Gasteiger charge is -2.20. The summed E-state index contributed by atoms with van der Waals surface area (Å²) in [4.78, 5) is 29.1. The Labute approximate surface area is 292 Å². The molecule has 1 fully saturated rings. The molecule has 2 heterocycles. The van der Waals surface area contributed by atoms with E-state index in [0.29, 0.717) is 49.5 Å². The zero-order valence-corrected chi connectivity index (χ0v) is 28.8. The van der Waals surface area contributed by atoms with Gasteiger partial charge >= 0.3 is 12.4 Å². The number of sulfone groups is 1. The van der Waals surface area contributed by atoms with Gasteiger partial charge in [0.2, 0.25) is 0 Å².